The molecule has 1 aromatic heterocycles. The Balaban J connectivity index is 1.95. The summed E-state index contributed by atoms with van der Waals surface area (Å²) in [4.78, 5) is 0. The van der Waals surface area contributed by atoms with Gasteiger partial charge >= 0.3 is 0 Å². The second-order valence-corrected chi connectivity index (χ2v) is 4.82. The van der Waals surface area contributed by atoms with Crippen LogP contribution in [0.4, 0.5) is 0 Å². The van der Waals surface area contributed by atoms with E-state index in [1.54, 1.807) is 0 Å². The fourth-order valence-electron chi connectivity index (χ4n) is 1.87. The second kappa shape index (κ2) is 3.35. The first-order valence-corrected chi connectivity index (χ1v) is 5.48. The van der Waals surface area contributed by atoms with E-state index >= 15 is 0 Å². The highest BCUT2D eigenvalue weighted by atomic mass is 32.1. The second-order valence-electron chi connectivity index (χ2n) is 4.21. The van der Waals surface area contributed by atoms with Crippen molar-refractivity contribution in [1.29, 1.82) is 0 Å². The standard InChI is InChI=1S/C9H14N2OS/c1-9(3-2-4-9)5-8(12)7-6-13-11-10-7/h6,8,12H,2-5H2,1H3. The first-order chi connectivity index (χ1) is 6.20. The lowest BCUT2D eigenvalue weighted by molar-refractivity contribution is 0.0524. The van der Waals surface area contributed by atoms with Gasteiger partial charge in [-0.1, -0.05) is 17.8 Å². The number of aromatic nitrogens is 2. The molecule has 0 saturated heterocycles. The molecule has 72 valence electrons. The summed E-state index contributed by atoms with van der Waals surface area (Å²) in [5.74, 6) is 0. The molecule has 13 heavy (non-hydrogen) atoms. The van der Waals surface area contributed by atoms with Crippen molar-refractivity contribution in [3.8, 4) is 0 Å². The van der Waals surface area contributed by atoms with Crippen LogP contribution < -0.4 is 0 Å². The Morgan fingerprint density at radius 3 is 2.92 bits per heavy atom. The van der Waals surface area contributed by atoms with E-state index in [4.69, 9.17) is 0 Å². The van der Waals surface area contributed by atoms with Gasteiger partial charge in [0.1, 0.15) is 5.69 Å². The first-order valence-electron chi connectivity index (χ1n) is 4.65. The molecule has 1 unspecified atom stereocenters. The zero-order chi connectivity index (χ0) is 9.31. The van der Waals surface area contributed by atoms with Crippen LogP contribution >= 0.6 is 11.5 Å². The maximum atomic E-state index is 9.81. The van der Waals surface area contributed by atoms with Gasteiger partial charge in [-0.05, 0) is 36.2 Å². The fraction of sp³-hybridized carbons (Fsp3) is 0.778. The van der Waals surface area contributed by atoms with Crippen LogP contribution in [-0.2, 0) is 0 Å². The summed E-state index contributed by atoms with van der Waals surface area (Å²) < 4.78 is 3.75. The molecule has 1 aromatic rings. The fourth-order valence-corrected chi connectivity index (χ4v) is 2.37. The Labute approximate surface area is 82.0 Å². The third kappa shape index (κ3) is 1.89. The van der Waals surface area contributed by atoms with E-state index in [9.17, 15) is 5.11 Å². The highest BCUT2D eigenvalue weighted by molar-refractivity contribution is 7.03. The van der Waals surface area contributed by atoms with Gasteiger partial charge < -0.3 is 5.11 Å². The molecule has 1 aliphatic carbocycles. The van der Waals surface area contributed by atoms with Gasteiger partial charge in [0.05, 0.1) is 6.10 Å². The predicted molar refractivity (Wildman–Crippen MR) is 51.4 cm³/mol. The molecule has 3 nitrogen and oxygen atoms in total. The lowest BCUT2D eigenvalue weighted by atomic mass is 9.67. The van der Waals surface area contributed by atoms with Gasteiger partial charge in [0.15, 0.2) is 0 Å². The Hall–Kier alpha value is -0.480. The van der Waals surface area contributed by atoms with Gasteiger partial charge in [-0.15, -0.1) is 5.10 Å². The van der Waals surface area contributed by atoms with E-state index in [2.05, 4.69) is 16.5 Å². The van der Waals surface area contributed by atoms with Gasteiger partial charge in [-0.2, -0.15) is 0 Å². The molecule has 0 aliphatic heterocycles. The van der Waals surface area contributed by atoms with Crippen LogP contribution in [0.25, 0.3) is 0 Å². The van der Waals surface area contributed by atoms with Gasteiger partial charge in [0.2, 0.25) is 0 Å². The molecule has 4 heteroatoms. The van der Waals surface area contributed by atoms with Crippen LogP contribution in [0.3, 0.4) is 0 Å². The molecule has 1 saturated carbocycles. The molecule has 0 bridgehead atoms. The van der Waals surface area contributed by atoms with Gasteiger partial charge in [0.25, 0.3) is 0 Å². The van der Waals surface area contributed by atoms with E-state index in [-0.39, 0.29) is 0 Å². The predicted octanol–water partition coefficient (Wildman–Crippen LogP) is 2.15. The Morgan fingerprint density at radius 2 is 2.46 bits per heavy atom. The van der Waals surface area contributed by atoms with Crippen molar-refractivity contribution < 1.29 is 5.11 Å². The zero-order valence-corrected chi connectivity index (χ0v) is 8.55. The maximum absolute atomic E-state index is 9.81. The lowest BCUT2D eigenvalue weighted by Gasteiger charge is -2.39. The summed E-state index contributed by atoms with van der Waals surface area (Å²) >= 11 is 1.30. The van der Waals surface area contributed by atoms with Gasteiger partial charge in [-0.3, -0.25) is 0 Å². The summed E-state index contributed by atoms with van der Waals surface area (Å²) in [5, 5.41) is 15.5. The van der Waals surface area contributed by atoms with Crippen LogP contribution in [0.2, 0.25) is 0 Å². The summed E-state index contributed by atoms with van der Waals surface area (Å²) in [6.45, 7) is 2.24. The van der Waals surface area contributed by atoms with Crippen molar-refractivity contribution in [2.24, 2.45) is 5.41 Å². The van der Waals surface area contributed by atoms with E-state index in [1.807, 2.05) is 5.38 Å². The average molecular weight is 198 g/mol. The van der Waals surface area contributed by atoms with Crippen LogP contribution in [0.15, 0.2) is 5.38 Å². The van der Waals surface area contributed by atoms with E-state index in [0.29, 0.717) is 5.41 Å². The van der Waals surface area contributed by atoms with Gasteiger partial charge in [0, 0.05) is 5.38 Å². The molecule has 0 amide bonds. The zero-order valence-electron chi connectivity index (χ0n) is 7.73. The number of aliphatic hydroxyl groups is 1. The molecule has 1 fully saturated rings. The van der Waals surface area contributed by atoms with E-state index in [0.717, 1.165) is 12.1 Å². The van der Waals surface area contributed by atoms with Crippen molar-refractivity contribution >= 4 is 11.5 Å². The minimum atomic E-state index is -0.413. The molecule has 1 atom stereocenters. The van der Waals surface area contributed by atoms with Crippen LogP contribution in [-0.4, -0.2) is 14.7 Å². The highest BCUT2D eigenvalue weighted by Crippen LogP contribution is 2.46. The Kier molecular flexibility index (Phi) is 2.34. The molecular weight excluding hydrogens is 184 g/mol. The van der Waals surface area contributed by atoms with Crippen molar-refractivity contribution in [3.05, 3.63) is 11.1 Å². The monoisotopic (exact) mass is 198 g/mol. The first kappa shape index (κ1) is 9.09. The molecule has 1 N–H and O–H groups in total. The molecule has 0 radical (unpaired) electrons. The van der Waals surface area contributed by atoms with Crippen molar-refractivity contribution in [2.45, 2.75) is 38.7 Å². The largest absolute Gasteiger partial charge is 0.387 e. The van der Waals surface area contributed by atoms with Crippen molar-refractivity contribution in [2.75, 3.05) is 0 Å². The van der Waals surface area contributed by atoms with E-state index < -0.39 is 6.10 Å². The molecule has 1 aliphatic rings. The Morgan fingerprint density at radius 1 is 1.69 bits per heavy atom. The highest BCUT2D eigenvalue weighted by Gasteiger charge is 2.34. The van der Waals surface area contributed by atoms with Crippen molar-refractivity contribution in [1.82, 2.24) is 9.59 Å². The molecule has 0 spiro atoms. The minimum Gasteiger partial charge on any atom is -0.387 e. The lowest BCUT2D eigenvalue weighted by Crippen LogP contribution is -2.27. The third-order valence-electron chi connectivity index (χ3n) is 2.97. The van der Waals surface area contributed by atoms with Crippen molar-refractivity contribution in [3.63, 3.8) is 0 Å². The summed E-state index contributed by atoms with van der Waals surface area (Å²) in [7, 11) is 0. The number of nitrogens with zero attached hydrogens (tertiary/aromatic N) is 2. The van der Waals surface area contributed by atoms with Gasteiger partial charge in [-0.25, -0.2) is 0 Å². The summed E-state index contributed by atoms with van der Waals surface area (Å²) in [6.07, 6.45) is 4.20. The normalized spacial score (nSPS) is 22.3. The van der Waals surface area contributed by atoms with E-state index in [1.165, 1.54) is 30.8 Å². The molecule has 2 rings (SSSR count). The number of hydrogen-bond acceptors (Lipinski definition) is 4. The van der Waals surface area contributed by atoms with Crippen LogP contribution in [0.5, 0.6) is 0 Å². The molecular formula is C9H14N2OS. The molecule has 0 aromatic carbocycles. The molecule has 1 heterocycles. The number of hydrogen-bond donors (Lipinski definition) is 1. The SMILES string of the molecule is CC1(CC(O)c2csnn2)CCC1. The van der Waals surface area contributed by atoms with Crippen LogP contribution in [0, 0.1) is 5.41 Å². The van der Waals surface area contributed by atoms with Crippen LogP contribution in [0.1, 0.15) is 44.4 Å². The summed E-state index contributed by atoms with van der Waals surface area (Å²) in [6, 6.07) is 0. The maximum Gasteiger partial charge on any atom is 0.104 e. The topological polar surface area (TPSA) is 46.0 Å². The minimum absolute atomic E-state index is 0.350. The third-order valence-corrected chi connectivity index (χ3v) is 3.49. The number of rotatable bonds is 3. The smallest absolute Gasteiger partial charge is 0.104 e. The average Bonchev–Trinajstić information content (AvgIpc) is 2.53. The Bertz CT molecular complexity index is 269. The quantitative estimate of drug-likeness (QED) is 0.809. The number of aliphatic hydroxyl groups excluding tert-OH is 1. The summed E-state index contributed by atoms with van der Waals surface area (Å²) in [5.41, 5.74) is 1.08.